The number of phenols is 1. The Hall–Kier alpha value is -2.82. The number of fused-ring (bicyclic) bond motifs is 1. The van der Waals surface area contributed by atoms with Crippen LogP contribution in [0.1, 0.15) is 18.3 Å². The first-order valence-electron chi connectivity index (χ1n) is 7.09. The standard InChI is InChI=1S/C17H17N3O2/c1-3-17-19-14-6-4-12(9-15(14)20-17)18-10-11-8-13(22-2)5-7-16(11)21/h4-10,21H,3H2,1-2H3,(H,19,20). The highest BCUT2D eigenvalue weighted by Gasteiger charge is 2.03. The number of imidazole rings is 1. The molecule has 112 valence electrons. The molecular formula is C17H17N3O2. The van der Waals surface area contributed by atoms with Gasteiger partial charge in [0.2, 0.25) is 0 Å². The molecule has 5 nitrogen and oxygen atoms in total. The monoisotopic (exact) mass is 295 g/mol. The number of phenolic OH excluding ortho intramolecular Hbond substituents is 1. The van der Waals surface area contributed by atoms with E-state index in [1.54, 1.807) is 31.5 Å². The van der Waals surface area contributed by atoms with Gasteiger partial charge in [0.25, 0.3) is 0 Å². The van der Waals surface area contributed by atoms with Crippen molar-refractivity contribution in [2.24, 2.45) is 4.99 Å². The summed E-state index contributed by atoms with van der Waals surface area (Å²) in [7, 11) is 1.59. The summed E-state index contributed by atoms with van der Waals surface area (Å²) in [6, 6.07) is 10.8. The number of ether oxygens (including phenoxy) is 1. The Morgan fingerprint density at radius 2 is 2.14 bits per heavy atom. The van der Waals surface area contributed by atoms with Crippen molar-refractivity contribution in [1.82, 2.24) is 9.97 Å². The van der Waals surface area contributed by atoms with E-state index in [1.807, 2.05) is 18.2 Å². The zero-order valence-electron chi connectivity index (χ0n) is 12.5. The fourth-order valence-electron chi connectivity index (χ4n) is 2.21. The molecule has 5 heteroatoms. The number of hydrogen-bond donors (Lipinski definition) is 2. The van der Waals surface area contributed by atoms with Crippen LogP contribution < -0.4 is 4.74 Å². The molecular weight excluding hydrogens is 278 g/mol. The summed E-state index contributed by atoms with van der Waals surface area (Å²) in [5.41, 5.74) is 3.29. The summed E-state index contributed by atoms with van der Waals surface area (Å²) in [4.78, 5) is 12.1. The van der Waals surface area contributed by atoms with Crippen LogP contribution in [0, 0.1) is 0 Å². The SMILES string of the molecule is CCc1nc2ccc(N=Cc3cc(OC)ccc3O)cc2[nH]1. The van der Waals surface area contributed by atoms with Crippen molar-refractivity contribution in [3.63, 3.8) is 0 Å². The van der Waals surface area contributed by atoms with Gasteiger partial charge in [-0.1, -0.05) is 6.92 Å². The topological polar surface area (TPSA) is 70.5 Å². The molecule has 1 aromatic heterocycles. The van der Waals surface area contributed by atoms with Crippen molar-refractivity contribution in [1.29, 1.82) is 0 Å². The van der Waals surface area contributed by atoms with Gasteiger partial charge in [-0.25, -0.2) is 4.98 Å². The summed E-state index contributed by atoms with van der Waals surface area (Å²) >= 11 is 0. The van der Waals surface area contributed by atoms with Crippen LogP contribution in [0.15, 0.2) is 41.4 Å². The van der Waals surface area contributed by atoms with Gasteiger partial charge >= 0.3 is 0 Å². The molecule has 2 aromatic carbocycles. The van der Waals surface area contributed by atoms with E-state index in [1.165, 1.54) is 0 Å². The van der Waals surface area contributed by atoms with Crippen LogP contribution in [0.2, 0.25) is 0 Å². The average molecular weight is 295 g/mol. The van der Waals surface area contributed by atoms with E-state index in [0.717, 1.165) is 29.0 Å². The minimum Gasteiger partial charge on any atom is -0.507 e. The predicted octanol–water partition coefficient (Wildman–Crippen LogP) is 3.59. The van der Waals surface area contributed by atoms with Gasteiger partial charge in [-0.15, -0.1) is 0 Å². The summed E-state index contributed by atoms with van der Waals surface area (Å²) < 4.78 is 5.15. The van der Waals surface area contributed by atoms with Crippen molar-refractivity contribution in [2.75, 3.05) is 7.11 Å². The number of aryl methyl sites for hydroxylation is 1. The highest BCUT2D eigenvalue weighted by atomic mass is 16.5. The first kappa shape index (κ1) is 14.1. The van der Waals surface area contributed by atoms with Gasteiger partial charge in [0.15, 0.2) is 0 Å². The number of aromatic amines is 1. The number of H-pyrrole nitrogens is 1. The molecule has 0 atom stereocenters. The largest absolute Gasteiger partial charge is 0.507 e. The van der Waals surface area contributed by atoms with Crippen molar-refractivity contribution >= 4 is 22.9 Å². The minimum atomic E-state index is 0.167. The lowest BCUT2D eigenvalue weighted by molar-refractivity contribution is 0.412. The van der Waals surface area contributed by atoms with E-state index in [0.29, 0.717) is 11.3 Å². The molecule has 0 bridgehead atoms. The van der Waals surface area contributed by atoms with Crippen LogP contribution in [0.4, 0.5) is 5.69 Å². The number of rotatable bonds is 4. The number of aromatic nitrogens is 2. The van der Waals surface area contributed by atoms with E-state index in [2.05, 4.69) is 21.9 Å². The summed E-state index contributed by atoms with van der Waals surface area (Å²) in [6.07, 6.45) is 2.49. The molecule has 0 saturated carbocycles. The van der Waals surface area contributed by atoms with Crippen molar-refractivity contribution < 1.29 is 9.84 Å². The van der Waals surface area contributed by atoms with Crippen LogP contribution in [0.3, 0.4) is 0 Å². The number of aliphatic imine (C=N–C) groups is 1. The Bertz CT molecular complexity index is 837. The third-order valence-electron chi connectivity index (χ3n) is 3.44. The number of benzene rings is 2. The molecule has 0 radical (unpaired) electrons. The molecule has 0 spiro atoms. The number of aromatic hydroxyl groups is 1. The maximum Gasteiger partial charge on any atom is 0.124 e. The van der Waals surface area contributed by atoms with E-state index in [9.17, 15) is 5.11 Å². The lowest BCUT2D eigenvalue weighted by Gasteiger charge is -2.02. The van der Waals surface area contributed by atoms with Gasteiger partial charge < -0.3 is 14.8 Å². The predicted molar refractivity (Wildman–Crippen MR) is 87.4 cm³/mol. The van der Waals surface area contributed by atoms with Gasteiger partial charge in [0.1, 0.15) is 17.3 Å². The molecule has 0 unspecified atom stereocenters. The van der Waals surface area contributed by atoms with Crippen molar-refractivity contribution in [2.45, 2.75) is 13.3 Å². The molecule has 3 rings (SSSR count). The van der Waals surface area contributed by atoms with Gasteiger partial charge in [-0.05, 0) is 36.4 Å². The van der Waals surface area contributed by atoms with Crippen molar-refractivity contribution in [3.05, 3.63) is 47.8 Å². The Morgan fingerprint density at radius 3 is 2.91 bits per heavy atom. The fraction of sp³-hybridized carbons (Fsp3) is 0.176. The second kappa shape index (κ2) is 5.89. The molecule has 1 heterocycles. The van der Waals surface area contributed by atoms with Gasteiger partial charge in [-0.2, -0.15) is 0 Å². The first-order chi connectivity index (χ1) is 10.7. The Kier molecular flexibility index (Phi) is 3.78. The molecule has 0 fully saturated rings. The van der Waals surface area contributed by atoms with E-state index >= 15 is 0 Å². The smallest absolute Gasteiger partial charge is 0.124 e. The van der Waals surface area contributed by atoms with E-state index < -0.39 is 0 Å². The number of methoxy groups -OCH3 is 1. The quantitative estimate of drug-likeness (QED) is 0.723. The summed E-state index contributed by atoms with van der Waals surface area (Å²) in [5.74, 6) is 1.80. The lowest BCUT2D eigenvalue weighted by Crippen LogP contribution is -1.87. The molecule has 2 N–H and O–H groups in total. The maximum absolute atomic E-state index is 9.85. The van der Waals surface area contributed by atoms with Crippen LogP contribution >= 0.6 is 0 Å². The highest BCUT2D eigenvalue weighted by molar-refractivity contribution is 5.87. The number of hydrogen-bond acceptors (Lipinski definition) is 4. The molecule has 22 heavy (non-hydrogen) atoms. The zero-order valence-corrected chi connectivity index (χ0v) is 12.5. The van der Waals surface area contributed by atoms with Crippen molar-refractivity contribution in [3.8, 4) is 11.5 Å². The first-order valence-corrected chi connectivity index (χ1v) is 7.09. The normalized spacial score (nSPS) is 11.4. The van der Waals surface area contributed by atoms with Gasteiger partial charge in [0.05, 0.1) is 23.8 Å². The summed E-state index contributed by atoms with van der Waals surface area (Å²) in [6.45, 7) is 2.06. The maximum atomic E-state index is 9.85. The van der Waals surface area contributed by atoms with E-state index in [4.69, 9.17) is 4.74 Å². The summed E-state index contributed by atoms with van der Waals surface area (Å²) in [5, 5.41) is 9.85. The number of nitrogens with one attached hydrogen (secondary N) is 1. The van der Waals surface area contributed by atoms with E-state index in [-0.39, 0.29) is 5.75 Å². The van der Waals surface area contributed by atoms with Gasteiger partial charge in [-0.3, -0.25) is 4.99 Å². The van der Waals surface area contributed by atoms with Crippen LogP contribution in [-0.4, -0.2) is 28.4 Å². The second-order valence-electron chi connectivity index (χ2n) is 4.92. The molecule has 3 aromatic rings. The molecule has 0 aliphatic carbocycles. The van der Waals surface area contributed by atoms with Gasteiger partial charge in [0, 0.05) is 18.2 Å². The second-order valence-corrected chi connectivity index (χ2v) is 4.92. The van der Waals surface area contributed by atoms with Crippen LogP contribution in [0.5, 0.6) is 11.5 Å². The Morgan fingerprint density at radius 1 is 1.27 bits per heavy atom. The third-order valence-corrected chi connectivity index (χ3v) is 3.44. The van der Waals surface area contributed by atoms with Crippen LogP contribution in [-0.2, 0) is 6.42 Å². The van der Waals surface area contributed by atoms with Crippen LogP contribution in [0.25, 0.3) is 11.0 Å². The molecule has 0 amide bonds. The lowest BCUT2D eigenvalue weighted by atomic mass is 10.2. The average Bonchev–Trinajstić information content (AvgIpc) is 2.96. The highest BCUT2D eigenvalue weighted by Crippen LogP contribution is 2.23. The fourth-order valence-corrected chi connectivity index (χ4v) is 2.21. The minimum absolute atomic E-state index is 0.167. The molecule has 0 aliphatic rings. The number of nitrogens with zero attached hydrogens (tertiary/aromatic N) is 2. The third kappa shape index (κ3) is 2.79. The molecule has 0 saturated heterocycles. The Balaban J connectivity index is 1.91. The molecule has 0 aliphatic heterocycles. The Labute approximate surface area is 128 Å². The zero-order chi connectivity index (χ0) is 15.5.